The van der Waals surface area contributed by atoms with Crippen LogP contribution in [0.25, 0.3) is 10.4 Å². The Morgan fingerprint density at radius 1 is 1.46 bits per heavy atom. The van der Waals surface area contributed by atoms with Crippen molar-refractivity contribution in [2.24, 2.45) is 5.11 Å². The van der Waals surface area contributed by atoms with E-state index in [1.807, 2.05) is 0 Å². The molecular weight excluding hydrogens is 222 g/mol. The van der Waals surface area contributed by atoms with Crippen LogP contribution in [0.5, 0.6) is 0 Å². The van der Waals surface area contributed by atoms with Gasteiger partial charge in [0.2, 0.25) is 21.0 Å². The van der Waals surface area contributed by atoms with Gasteiger partial charge in [0.25, 0.3) is 0 Å². The summed E-state index contributed by atoms with van der Waals surface area (Å²) in [7, 11) is 4.65. The maximum atomic E-state index is 8.02. The molecule has 0 amide bonds. The van der Waals surface area contributed by atoms with E-state index < -0.39 is 8.80 Å². The number of rotatable bonds is 7. The van der Waals surface area contributed by atoms with Crippen LogP contribution in [0, 0.1) is 0 Å². The van der Waals surface area contributed by atoms with Gasteiger partial charge < -0.3 is 12.7 Å². The third kappa shape index (κ3) is 4.57. The van der Waals surface area contributed by atoms with Gasteiger partial charge in [0.15, 0.2) is 0 Å². The van der Waals surface area contributed by atoms with Crippen LogP contribution < -0.4 is 0 Å². The maximum Gasteiger partial charge on any atom is 0.479 e. The fourth-order valence-electron chi connectivity index (χ4n) is 0.719. The average Bonchev–Trinajstić information content (AvgIpc) is 2.20. The van der Waals surface area contributed by atoms with Crippen molar-refractivity contribution in [1.82, 2.24) is 0 Å². The smallest absolute Gasteiger partial charge is 0.416 e. The number of azide groups is 1. The molecule has 0 aliphatic carbocycles. The topological polar surface area (TPSA) is 76.5 Å². The first-order chi connectivity index (χ1) is 6.24. The van der Waals surface area contributed by atoms with E-state index >= 15 is 0 Å². The summed E-state index contributed by atoms with van der Waals surface area (Å²) >= 11 is 0. The molecule has 0 bridgehead atoms. The van der Waals surface area contributed by atoms with E-state index in [0.29, 0.717) is 19.0 Å². The van der Waals surface area contributed by atoms with Crippen LogP contribution in [-0.4, -0.2) is 43.4 Å². The largest absolute Gasteiger partial charge is 0.479 e. The first-order valence-electron chi connectivity index (χ1n) is 3.50. The van der Waals surface area contributed by atoms with Gasteiger partial charge in [-0.3, -0.25) is 0 Å². The lowest BCUT2D eigenvalue weighted by Gasteiger charge is -2.24. The second-order valence-electron chi connectivity index (χ2n) is 2.15. The molecule has 0 N–H and O–H groups in total. The number of nitrogens with zero attached hydrogens (tertiary/aromatic N) is 3. The van der Waals surface area contributed by atoms with Crippen LogP contribution in [-0.2, 0) is 12.7 Å². The van der Waals surface area contributed by atoms with Crippen molar-refractivity contribution in [2.75, 3.05) is 13.7 Å². The fraction of sp³-hybridized carbons (Fsp3) is 1.00. The molecule has 0 aromatic heterocycles. The Bertz CT molecular complexity index is 174. The highest BCUT2D eigenvalue weighted by molar-refractivity contribution is 6.66. The van der Waals surface area contributed by atoms with Gasteiger partial charge in [-0.1, -0.05) is 5.11 Å². The Hall–Kier alpha value is -0.159. The van der Waals surface area contributed by atoms with Crippen LogP contribution in [0.4, 0.5) is 0 Å². The van der Waals surface area contributed by atoms with Crippen LogP contribution in [0.1, 0.15) is 6.42 Å². The molecule has 6 nitrogen and oxygen atoms in total. The minimum Gasteiger partial charge on any atom is -0.416 e. The van der Waals surface area contributed by atoms with E-state index in [-0.39, 0.29) is 0 Å². The lowest BCUT2D eigenvalue weighted by molar-refractivity contribution is 0.218. The van der Waals surface area contributed by atoms with Crippen molar-refractivity contribution in [2.45, 2.75) is 12.5 Å². The Labute approximate surface area is 84.6 Å². The summed E-state index contributed by atoms with van der Waals surface area (Å²) in [5.41, 5.74) is 8.02. The van der Waals surface area contributed by atoms with Gasteiger partial charge in [0, 0.05) is 24.6 Å². The van der Waals surface area contributed by atoms with Crippen molar-refractivity contribution in [3.05, 3.63) is 10.4 Å². The van der Waals surface area contributed by atoms with Gasteiger partial charge in [-0.15, -0.1) is 0 Å². The van der Waals surface area contributed by atoms with Gasteiger partial charge in [0.1, 0.15) is 0 Å². The van der Waals surface area contributed by atoms with Gasteiger partial charge in [-0.05, 0) is 12.0 Å². The van der Waals surface area contributed by atoms with E-state index in [4.69, 9.17) is 18.2 Å². The number of hydrogen-bond acceptors (Lipinski definition) is 4. The van der Waals surface area contributed by atoms with Crippen molar-refractivity contribution in [1.29, 1.82) is 0 Å². The van der Waals surface area contributed by atoms with Gasteiger partial charge >= 0.3 is 8.80 Å². The van der Waals surface area contributed by atoms with Crippen molar-refractivity contribution >= 4 is 29.8 Å². The monoisotopic (exact) mass is 231 g/mol. The summed E-state index contributed by atoms with van der Waals surface area (Å²) in [5, 5.41) is 3.38. The summed E-state index contributed by atoms with van der Waals surface area (Å²) in [4.78, 5) is 2.63. The lowest BCUT2D eigenvalue weighted by atomic mass is 10.5. The molecule has 0 aromatic carbocycles. The SMILES string of the molecule is CO[Si](CCCN=[N+]=[N-])(O[Si])O[Si]. The van der Waals surface area contributed by atoms with Gasteiger partial charge in [0.05, 0.1) is 0 Å². The molecule has 0 atom stereocenters. The van der Waals surface area contributed by atoms with Gasteiger partial charge in [-0.25, -0.2) is 0 Å². The second-order valence-corrected chi connectivity index (χ2v) is 6.06. The average molecular weight is 231 g/mol. The quantitative estimate of drug-likeness (QED) is 0.210. The van der Waals surface area contributed by atoms with Gasteiger partial charge in [-0.2, -0.15) is 0 Å². The van der Waals surface area contributed by atoms with E-state index in [0.717, 1.165) is 0 Å². The normalized spacial score (nSPS) is 11.0. The molecule has 0 saturated heterocycles. The summed E-state index contributed by atoms with van der Waals surface area (Å²) in [5.74, 6) is 0. The predicted molar refractivity (Wildman–Crippen MR) is 49.9 cm³/mol. The maximum absolute atomic E-state index is 8.02. The van der Waals surface area contributed by atoms with Crippen molar-refractivity contribution in [3.63, 3.8) is 0 Å². The first-order valence-corrected chi connectivity index (χ1v) is 6.25. The predicted octanol–water partition coefficient (Wildman–Crippen LogP) is 0.472. The molecular formula is C4H9N3O3Si3. The zero-order valence-corrected chi connectivity index (χ0v) is 10.2. The molecule has 0 rings (SSSR count). The minimum atomic E-state index is -2.62. The van der Waals surface area contributed by atoms with Crippen LogP contribution in [0.2, 0.25) is 6.04 Å². The van der Waals surface area contributed by atoms with E-state index in [9.17, 15) is 0 Å². The standard InChI is InChI=1S/C4H9N3O3Si3/c1-8-13(9-11,10-12)4-2-3-6-7-5/h2-4H2,1H3. The zero-order valence-electron chi connectivity index (χ0n) is 7.19. The minimum absolute atomic E-state index is 0.403. The Morgan fingerprint density at radius 2 is 2.08 bits per heavy atom. The highest BCUT2D eigenvalue weighted by atomic mass is 28.4. The molecule has 6 radical (unpaired) electrons. The molecule has 0 aromatic rings. The molecule has 0 spiro atoms. The highest BCUT2D eigenvalue weighted by Crippen LogP contribution is 2.13. The van der Waals surface area contributed by atoms with Crippen LogP contribution >= 0.6 is 0 Å². The molecule has 0 unspecified atom stereocenters. The van der Waals surface area contributed by atoms with Crippen molar-refractivity contribution < 1.29 is 12.7 Å². The third-order valence-electron chi connectivity index (χ3n) is 1.43. The highest BCUT2D eigenvalue weighted by Gasteiger charge is 2.35. The number of hydrogen-bond donors (Lipinski definition) is 0. The summed E-state index contributed by atoms with van der Waals surface area (Å²) in [6.45, 7) is 0.403. The third-order valence-corrected chi connectivity index (χ3v) is 5.50. The second kappa shape index (κ2) is 7.26. The van der Waals surface area contributed by atoms with E-state index in [1.54, 1.807) is 0 Å². The molecule has 0 heterocycles. The van der Waals surface area contributed by atoms with Crippen LogP contribution in [0.3, 0.4) is 0 Å². The molecule has 0 aliphatic heterocycles. The molecule has 0 saturated carbocycles. The van der Waals surface area contributed by atoms with Crippen LogP contribution in [0.15, 0.2) is 5.11 Å². The molecule has 70 valence electrons. The fourth-order valence-corrected chi connectivity index (χ4v) is 3.54. The van der Waals surface area contributed by atoms with Crippen molar-refractivity contribution in [3.8, 4) is 0 Å². The lowest BCUT2D eigenvalue weighted by Crippen LogP contribution is -2.43. The molecule has 0 aliphatic rings. The molecule has 0 fully saturated rings. The Kier molecular flexibility index (Phi) is 7.17. The summed E-state index contributed by atoms with van der Waals surface area (Å²) in [6.07, 6.45) is 0.652. The first kappa shape index (κ1) is 12.8. The Morgan fingerprint density at radius 3 is 2.46 bits per heavy atom. The van der Waals surface area contributed by atoms with E-state index in [2.05, 4.69) is 31.0 Å². The summed E-state index contributed by atoms with van der Waals surface area (Å²) < 4.78 is 14.9. The molecule has 13 heavy (non-hydrogen) atoms. The molecule has 9 heteroatoms. The summed E-state index contributed by atoms with van der Waals surface area (Å²) in [6, 6.07) is 0.565. The zero-order chi connectivity index (χ0) is 10.2. The van der Waals surface area contributed by atoms with E-state index in [1.165, 1.54) is 7.11 Å². The Balaban J connectivity index is 3.87.